The molecule has 202 valence electrons. The van der Waals surface area contributed by atoms with Crippen LogP contribution >= 0.6 is 15.9 Å². The minimum Gasteiger partial charge on any atom is -0.465 e. The van der Waals surface area contributed by atoms with E-state index in [1.165, 1.54) is 0 Å². The molecule has 0 aromatic rings. The first-order chi connectivity index (χ1) is 17.4. The first-order valence-corrected chi connectivity index (χ1v) is 14.2. The normalized spacial score (nSPS) is 30.4. The molecule has 8 nitrogen and oxygen atoms in total. The van der Waals surface area contributed by atoms with E-state index in [9.17, 15) is 19.5 Å². The third-order valence-corrected chi connectivity index (χ3v) is 8.44. The topological polar surface area (TPSA) is 96.4 Å². The van der Waals surface area contributed by atoms with E-state index in [0.717, 1.165) is 38.5 Å². The number of alkyl halides is 1. The van der Waals surface area contributed by atoms with E-state index in [2.05, 4.69) is 36.0 Å². The summed E-state index contributed by atoms with van der Waals surface area (Å²) in [7, 11) is 0. The number of carbonyl (C=O) groups excluding carboxylic acids is 3. The average Bonchev–Trinajstić information content (AvgIpc) is 3.45. The molecular formula is C27H41BrN2O6. The van der Waals surface area contributed by atoms with Gasteiger partial charge >= 0.3 is 5.97 Å². The predicted octanol–water partition coefficient (Wildman–Crippen LogP) is 3.22. The van der Waals surface area contributed by atoms with Crippen LogP contribution in [0.1, 0.15) is 58.3 Å². The number of hydrogen-bond donors (Lipinski definition) is 1. The van der Waals surface area contributed by atoms with Gasteiger partial charge in [-0.2, -0.15) is 0 Å². The predicted molar refractivity (Wildman–Crippen MR) is 140 cm³/mol. The number of unbranched alkanes of at least 4 members (excludes halogenated alkanes) is 4. The maximum Gasteiger partial charge on any atom is 0.312 e. The lowest BCUT2D eigenvalue weighted by Gasteiger charge is -2.37. The number of hydrogen-bond acceptors (Lipinski definition) is 6. The molecule has 1 spiro atoms. The lowest BCUT2D eigenvalue weighted by molar-refractivity contribution is -0.155. The molecule has 1 N–H and O–H groups in total. The number of amides is 2. The van der Waals surface area contributed by atoms with Crippen molar-refractivity contribution in [1.82, 2.24) is 9.80 Å². The average molecular weight is 570 g/mol. The number of likely N-dealkylation sites (tertiary alicyclic amines) is 1. The summed E-state index contributed by atoms with van der Waals surface area (Å²) in [4.78, 5) is 44.2. The quantitative estimate of drug-likeness (QED) is 0.133. The first-order valence-electron chi connectivity index (χ1n) is 13.3. The minimum atomic E-state index is -1.10. The van der Waals surface area contributed by atoms with Crippen LogP contribution in [0.3, 0.4) is 0 Å². The Balaban J connectivity index is 1.89. The Kier molecular flexibility index (Phi) is 10.6. The second kappa shape index (κ2) is 13.2. The molecule has 9 heteroatoms. The number of fused-ring (bicyclic) bond motifs is 1. The van der Waals surface area contributed by atoms with Gasteiger partial charge in [0.25, 0.3) is 0 Å². The van der Waals surface area contributed by atoms with Gasteiger partial charge in [0, 0.05) is 31.1 Å². The molecule has 3 fully saturated rings. The monoisotopic (exact) mass is 568 g/mol. The number of carbonyl (C=O) groups is 3. The summed E-state index contributed by atoms with van der Waals surface area (Å²) in [5.41, 5.74) is -1.10. The molecule has 0 radical (unpaired) electrons. The van der Waals surface area contributed by atoms with Crippen LogP contribution in [0.15, 0.2) is 25.3 Å². The molecule has 36 heavy (non-hydrogen) atoms. The molecule has 3 heterocycles. The number of rotatable bonds is 16. The number of ether oxygens (including phenoxy) is 2. The molecule has 3 aliphatic rings. The van der Waals surface area contributed by atoms with E-state index >= 15 is 0 Å². The van der Waals surface area contributed by atoms with E-state index in [4.69, 9.17) is 9.47 Å². The van der Waals surface area contributed by atoms with Crippen molar-refractivity contribution in [2.24, 2.45) is 11.8 Å². The zero-order chi connectivity index (χ0) is 26.3. The fraction of sp³-hybridized carbons (Fsp3) is 0.741. The largest absolute Gasteiger partial charge is 0.465 e. The van der Waals surface area contributed by atoms with Gasteiger partial charge in [0.15, 0.2) is 0 Å². The molecule has 0 aromatic heterocycles. The second-order valence-corrected chi connectivity index (χ2v) is 11.2. The lowest BCUT2D eigenvalue weighted by Crippen LogP contribution is -2.57. The summed E-state index contributed by atoms with van der Waals surface area (Å²) in [6.45, 7) is 11.0. The maximum atomic E-state index is 14.0. The summed E-state index contributed by atoms with van der Waals surface area (Å²) in [6, 6.07) is -0.849. The Morgan fingerprint density at radius 1 is 1.25 bits per heavy atom. The summed E-state index contributed by atoms with van der Waals surface area (Å²) in [6.07, 6.45) is 9.12. The van der Waals surface area contributed by atoms with E-state index in [1.807, 2.05) is 6.08 Å². The van der Waals surface area contributed by atoms with E-state index in [0.29, 0.717) is 25.9 Å². The van der Waals surface area contributed by atoms with Crippen LogP contribution in [0.5, 0.6) is 0 Å². The Labute approximate surface area is 223 Å². The summed E-state index contributed by atoms with van der Waals surface area (Å²) >= 11 is 3.67. The van der Waals surface area contributed by atoms with Crippen LogP contribution in [0.25, 0.3) is 0 Å². The van der Waals surface area contributed by atoms with Crippen LogP contribution in [0.4, 0.5) is 0 Å². The molecule has 0 aromatic carbocycles. The van der Waals surface area contributed by atoms with Crippen LogP contribution in [-0.2, 0) is 23.9 Å². The Bertz CT molecular complexity index is 822. The van der Waals surface area contributed by atoms with Gasteiger partial charge in [-0.25, -0.2) is 0 Å². The number of nitrogens with zero attached hydrogens (tertiary/aromatic N) is 2. The summed E-state index contributed by atoms with van der Waals surface area (Å²) < 4.78 is 12.1. The summed E-state index contributed by atoms with van der Waals surface area (Å²) in [5, 5.41) is 9.48. The summed E-state index contributed by atoms with van der Waals surface area (Å²) in [5.74, 6) is -2.42. The number of allylic oxidation sites excluding steroid dienone is 1. The van der Waals surface area contributed by atoms with E-state index in [1.54, 1.807) is 15.9 Å². The second-order valence-electron chi connectivity index (χ2n) is 10.0. The highest BCUT2D eigenvalue weighted by molar-refractivity contribution is 9.09. The zero-order valence-electron chi connectivity index (χ0n) is 21.4. The molecule has 6 atom stereocenters. The lowest BCUT2D eigenvalue weighted by atomic mass is 9.70. The number of aliphatic hydroxyl groups excluding tert-OH is 1. The van der Waals surface area contributed by atoms with Crippen LogP contribution in [0, 0.1) is 11.8 Å². The van der Waals surface area contributed by atoms with Crippen molar-refractivity contribution in [1.29, 1.82) is 0 Å². The van der Waals surface area contributed by atoms with Crippen LogP contribution < -0.4 is 0 Å². The number of aliphatic hydroxyl groups is 1. The minimum absolute atomic E-state index is 0.101. The SMILES string of the molecule is C=CCCCCOC(=O)[C@H]1[C@@H]2OC3(CC2Br)C(C(=O)N(CC=C)CCCCC)N(CCCO)C(=O)[C@H]13. The first kappa shape index (κ1) is 28.9. The standard InChI is InChI=1S/C27H41BrN2O6/c1-4-7-9-11-17-35-26(34)20-21-24(32)30(15-12-16-31)23(27(21)18-19(28)22(20)36-27)25(33)29(13-6-3)14-10-8-5-2/h4,6,19-23,31H,1,3,5,7-18H2,2H3/t19?,20-,21+,22-,23?,27?/m1/s1. The van der Waals surface area contributed by atoms with Gasteiger partial charge in [-0.15, -0.1) is 13.2 Å². The van der Waals surface area contributed by atoms with Crippen molar-refractivity contribution in [3.05, 3.63) is 25.3 Å². The molecule has 0 saturated carbocycles. The van der Waals surface area contributed by atoms with Crippen molar-refractivity contribution in [3.63, 3.8) is 0 Å². The third-order valence-electron chi connectivity index (χ3n) is 7.59. The molecule has 2 bridgehead atoms. The van der Waals surface area contributed by atoms with Gasteiger partial charge in [-0.05, 0) is 38.5 Å². The van der Waals surface area contributed by atoms with Crippen molar-refractivity contribution < 1.29 is 29.0 Å². The van der Waals surface area contributed by atoms with Crippen molar-refractivity contribution in [2.45, 2.75) is 80.9 Å². The van der Waals surface area contributed by atoms with Gasteiger partial charge in [0.1, 0.15) is 11.6 Å². The van der Waals surface area contributed by atoms with Crippen molar-refractivity contribution in [2.75, 3.05) is 32.8 Å². The molecule has 3 unspecified atom stereocenters. The Hall–Kier alpha value is -1.71. The van der Waals surface area contributed by atoms with E-state index in [-0.39, 0.29) is 36.4 Å². The Morgan fingerprint density at radius 2 is 2.03 bits per heavy atom. The molecule has 3 saturated heterocycles. The number of halogens is 1. The Morgan fingerprint density at radius 3 is 2.69 bits per heavy atom. The maximum absolute atomic E-state index is 14.0. The molecule has 3 rings (SSSR count). The smallest absolute Gasteiger partial charge is 0.312 e. The van der Waals surface area contributed by atoms with E-state index < -0.39 is 35.6 Å². The van der Waals surface area contributed by atoms with Gasteiger partial charge in [0.05, 0.1) is 24.5 Å². The molecular weight excluding hydrogens is 528 g/mol. The highest BCUT2D eigenvalue weighted by atomic mass is 79.9. The van der Waals surface area contributed by atoms with Gasteiger partial charge in [0.2, 0.25) is 11.8 Å². The molecule has 0 aliphatic carbocycles. The number of esters is 1. The van der Waals surface area contributed by atoms with Crippen molar-refractivity contribution in [3.8, 4) is 0 Å². The van der Waals surface area contributed by atoms with Gasteiger partial charge in [-0.3, -0.25) is 14.4 Å². The zero-order valence-corrected chi connectivity index (χ0v) is 23.0. The highest BCUT2D eigenvalue weighted by Gasteiger charge is 2.77. The van der Waals surface area contributed by atoms with Gasteiger partial charge in [-0.1, -0.05) is 47.8 Å². The third kappa shape index (κ3) is 5.58. The fourth-order valence-electron chi connectivity index (χ4n) is 5.99. The van der Waals surface area contributed by atoms with Gasteiger partial charge < -0.3 is 24.4 Å². The van der Waals surface area contributed by atoms with Crippen LogP contribution in [0.2, 0.25) is 0 Å². The fourth-order valence-corrected chi connectivity index (χ4v) is 6.94. The molecule has 2 amide bonds. The van der Waals surface area contributed by atoms with Crippen LogP contribution in [-0.4, -0.2) is 88.1 Å². The van der Waals surface area contributed by atoms with Crippen molar-refractivity contribution >= 4 is 33.7 Å². The highest BCUT2D eigenvalue weighted by Crippen LogP contribution is 2.60. The molecule has 3 aliphatic heterocycles.